The number of hydrogen-bond donors (Lipinski definition) is 1. The minimum Gasteiger partial charge on any atom is -0.454 e. The molecule has 3 aliphatic heterocycles. The fourth-order valence-electron chi connectivity index (χ4n) is 6.13. The molecule has 0 spiro atoms. The molecule has 194 valence electrons. The minimum absolute atomic E-state index is 0.0943. The maximum atomic E-state index is 13.6. The molecule has 4 heterocycles. The quantitative estimate of drug-likeness (QED) is 0.439. The maximum Gasteiger partial charge on any atom is 0.246 e. The monoisotopic (exact) mass is 503 g/mol. The first kappa shape index (κ1) is 24.0. The Morgan fingerprint density at radius 3 is 2.78 bits per heavy atom. The predicted octanol–water partition coefficient (Wildman–Crippen LogP) is 5.70. The highest BCUT2D eigenvalue weighted by molar-refractivity contribution is 5.92. The van der Waals surface area contributed by atoms with Gasteiger partial charge in [-0.3, -0.25) is 4.79 Å². The standard InChI is InChI=1S/C30H34FN3O3/c31-23-6-7-25-26(19-32-27(25)18-23)22-10-14-33(15-11-22)16-12-24-3-1-2-13-34(24)30(35)9-5-21-4-8-28-29(17-21)37-20-36-28/h4-9,17-19,22,24,32H,1-3,10-16,20H2/t24-/m0/s1. The molecule has 1 atom stereocenters. The molecule has 7 heteroatoms. The number of hydrogen-bond acceptors (Lipinski definition) is 4. The van der Waals surface area contributed by atoms with E-state index in [9.17, 15) is 9.18 Å². The van der Waals surface area contributed by atoms with Gasteiger partial charge in [-0.2, -0.15) is 0 Å². The summed E-state index contributed by atoms with van der Waals surface area (Å²) in [5.74, 6) is 1.88. The summed E-state index contributed by atoms with van der Waals surface area (Å²) in [6.07, 6.45) is 12.2. The highest BCUT2D eigenvalue weighted by Gasteiger charge is 2.28. The molecule has 1 N–H and O–H groups in total. The Labute approximate surface area is 217 Å². The van der Waals surface area contributed by atoms with Crippen molar-refractivity contribution >= 4 is 22.9 Å². The number of H-pyrrole nitrogens is 1. The van der Waals surface area contributed by atoms with Crippen LogP contribution >= 0.6 is 0 Å². The van der Waals surface area contributed by atoms with Gasteiger partial charge in [0.15, 0.2) is 11.5 Å². The highest BCUT2D eigenvalue weighted by atomic mass is 19.1. The van der Waals surface area contributed by atoms with Gasteiger partial charge in [0.2, 0.25) is 12.7 Å². The Morgan fingerprint density at radius 2 is 1.89 bits per heavy atom. The summed E-state index contributed by atoms with van der Waals surface area (Å²) >= 11 is 0. The number of aromatic nitrogens is 1. The van der Waals surface area contributed by atoms with E-state index in [1.54, 1.807) is 18.2 Å². The molecule has 2 fully saturated rings. The van der Waals surface area contributed by atoms with Crippen LogP contribution in [0, 0.1) is 5.82 Å². The van der Waals surface area contributed by atoms with E-state index in [-0.39, 0.29) is 18.5 Å². The van der Waals surface area contributed by atoms with Crippen molar-refractivity contribution in [3.8, 4) is 11.5 Å². The van der Waals surface area contributed by atoms with Gasteiger partial charge in [-0.05, 0) is 105 Å². The lowest BCUT2D eigenvalue weighted by Crippen LogP contribution is -2.45. The normalized spacial score (nSPS) is 20.8. The summed E-state index contributed by atoms with van der Waals surface area (Å²) in [4.78, 5) is 21.0. The lowest BCUT2D eigenvalue weighted by atomic mass is 9.89. The molecule has 3 aromatic rings. The summed E-state index contributed by atoms with van der Waals surface area (Å²) in [6, 6.07) is 11.1. The molecule has 0 bridgehead atoms. The average Bonchev–Trinajstić information content (AvgIpc) is 3.57. The number of piperidine rings is 2. The van der Waals surface area contributed by atoms with Crippen LogP contribution in [0.5, 0.6) is 11.5 Å². The lowest BCUT2D eigenvalue weighted by Gasteiger charge is -2.38. The maximum absolute atomic E-state index is 13.6. The number of benzene rings is 2. The Kier molecular flexibility index (Phi) is 6.87. The molecule has 2 saturated heterocycles. The van der Waals surface area contributed by atoms with Gasteiger partial charge in [-0.1, -0.05) is 6.07 Å². The number of likely N-dealkylation sites (tertiary alicyclic amines) is 2. The third-order valence-corrected chi connectivity index (χ3v) is 8.21. The van der Waals surface area contributed by atoms with Crippen LogP contribution in [0.15, 0.2) is 48.7 Å². The number of halogens is 1. The first-order valence-corrected chi connectivity index (χ1v) is 13.5. The molecule has 0 saturated carbocycles. The van der Waals surface area contributed by atoms with Gasteiger partial charge in [0.25, 0.3) is 0 Å². The van der Waals surface area contributed by atoms with Crippen molar-refractivity contribution in [2.75, 3.05) is 33.0 Å². The van der Waals surface area contributed by atoms with E-state index in [2.05, 4.69) is 21.0 Å². The summed E-state index contributed by atoms with van der Waals surface area (Å²) < 4.78 is 24.4. The van der Waals surface area contributed by atoms with Crippen molar-refractivity contribution in [1.29, 1.82) is 0 Å². The molecule has 1 aromatic heterocycles. The Hall–Kier alpha value is -3.32. The van der Waals surface area contributed by atoms with Crippen molar-refractivity contribution in [2.24, 2.45) is 0 Å². The second-order valence-corrected chi connectivity index (χ2v) is 10.5. The number of carbonyl (C=O) groups excluding carboxylic acids is 1. The summed E-state index contributed by atoms with van der Waals surface area (Å²) in [7, 11) is 0. The van der Waals surface area contributed by atoms with Crippen LogP contribution in [0.3, 0.4) is 0 Å². The fourth-order valence-corrected chi connectivity index (χ4v) is 6.13. The van der Waals surface area contributed by atoms with E-state index in [0.29, 0.717) is 12.0 Å². The van der Waals surface area contributed by atoms with Crippen LogP contribution in [0.25, 0.3) is 17.0 Å². The topological polar surface area (TPSA) is 57.8 Å². The first-order chi connectivity index (χ1) is 18.1. The Morgan fingerprint density at radius 1 is 1.03 bits per heavy atom. The molecule has 0 aliphatic carbocycles. The number of nitrogens with one attached hydrogen (secondary N) is 1. The zero-order valence-corrected chi connectivity index (χ0v) is 21.1. The van der Waals surface area contributed by atoms with Crippen molar-refractivity contribution in [1.82, 2.24) is 14.8 Å². The molecule has 37 heavy (non-hydrogen) atoms. The summed E-state index contributed by atoms with van der Waals surface area (Å²) in [5, 5.41) is 1.14. The third kappa shape index (κ3) is 5.23. The molecule has 1 amide bonds. The zero-order chi connectivity index (χ0) is 25.2. The number of aromatic amines is 1. The van der Waals surface area contributed by atoms with Crippen LogP contribution in [0.2, 0.25) is 0 Å². The number of carbonyl (C=O) groups is 1. The van der Waals surface area contributed by atoms with Gasteiger partial charge in [0.05, 0.1) is 0 Å². The molecule has 6 rings (SSSR count). The molecule has 3 aliphatic rings. The lowest BCUT2D eigenvalue weighted by molar-refractivity contribution is -0.129. The summed E-state index contributed by atoms with van der Waals surface area (Å²) in [6.45, 7) is 4.22. The van der Waals surface area contributed by atoms with Crippen molar-refractivity contribution in [3.05, 3.63) is 65.6 Å². The van der Waals surface area contributed by atoms with E-state index in [0.717, 1.165) is 86.2 Å². The van der Waals surface area contributed by atoms with Crippen molar-refractivity contribution in [3.63, 3.8) is 0 Å². The number of rotatable bonds is 6. The number of fused-ring (bicyclic) bond motifs is 2. The second kappa shape index (κ2) is 10.6. The van der Waals surface area contributed by atoms with E-state index in [4.69, 9.17) is 9.47 Å². The van der Waals surface area contributed by atoms with E-state index >= 15 is 0 Å². The average molecular weight is 504 g/mol. The first-order valence-electron chi connectivity index (χ1n) is 13.5. The second-order valence-electron chi connectivity index (χ2n) is 10.5. The van der Waals surface area contributed by atoms with Crippen LogP contribution in [-0.4, -0.2) is 59.7 Å². The van der Waals surface area contributed by atoms with Gasteiger partial charge >= 0.3 is 0 Å². The van der Waals surface area contributed by atoms with Gasteiger partial charge in [-0.25, -0.2) is 4.39 Å². The van der Waals surface area contributed by atoms with E-state index in [1.807, 2.05) is 30.3 Å². The third-order valence-electron chi connectivity index (χ3n) is 8.21. The van der Waals surface area contributed by atoms with E-state index < -0.39 is 0 Å². The van der Waals surface area contributed by atoms with Crippen molar-refractivity contribution < 1.29 is 18.7 Å². The van der Waals surface area contributed by atoms with Crippen LogP contribution in [0.4, 0.5) is 4.39 Å². The Balaban J connectivity index is 1.02. The van der Waals surface area contributed by atoms with Gasteiger partial charge in [0, 0.05) is 42.3 Å². The fraction of sp³-hybridized carbons (Fsp3) is 0.433. The molecular formula is C30H34FN3O3. The van der Waals surface area contributed by atoms with Gasteiger partial charge in [-0.15, -0.1) is 0 Å². The number of amides is 1. The largest absolute Gasteiger partial charge is 0.454 e. The van der Waals surface area contributed by atoms with Crippen LogP contribution in [-0.2, 0) is 4.79 Å². The molecule has 0 radical (unpaired) electrons. The minimum atomic E-state index is -0.200. The summed E-state index contributed by atoms with van der Waals surface area (Å²) in [5.41, 5.74) is 3.13. The molecule has 6 nitrogen and oxygen atoms in total. The number of nitrogens with zero attached hydrogens (tertiary/aromatic N) is 2. The molecule has 0 unspecified atom stereocenters. The SMILES string of the molecule is O=C(C=Cc1ccc2c(c1)OCO2)N1CCCC[C@H]1CCN1CCC(c2c[nH]c3cc(F)ccc23)CC1. The van der Waals surface area contributed by atoms with Crippen LogP contribution < -0.4 is 9.47 Å². The van der Waals surface area contributed by atoms with Gasteiger partial charge < -0.3 is 24.3 Å². The predicted molar refractivity (Wildman–Crippen MR) is 142 cm³/mol. The number of ether oxygens (including phenoxy) is 2. The van der Waals surface area contributed by atoms with E-state index in [1.165, 1.54) is 12.0 Å². The van der Waals surface area contributed by atoms with Gasteiger partial charge in [0.1, 0.15) is 5.82 Å². The Bertz CT molecular complexity index is 1290. The van der Waals surface area contributed by atoms with Crippen molar-refractivity contribution in [2.45, 2.75) is 50.5 Å². The highest BCUT2D eigenvalue weighted by Crippen LogP contribution is 2.34. The molecular weight excluding hydrogens is 469 g/mol. The zero-order valence-electron chi connectivity index (χ0n) is 21.1. The smallest absolute Gasteiger partial charge is 0.246 e. The van der Waals surface area contributed by atoms with Crippen LogP contribution in [0.1, 0.15) is 55.6 Å². The molecule has 2 aromatic carbocycles.